The Morgan fingerprint density at radius 2 is 2.11 bits per heavy atom. The first-order chi connectivity index (χ1) is 16.9. The monoisotopic (exact) mass is 516 g/mol. The molecule has 9 heteroatoms. The highest BCUT2D eigenvalue weighted by Crippen LogP contribution is 2.42. The van der Waals surface area contributed by atoms with Crippen LogP contribution in [-0.2, 0) is 17.9 Å². The van der Waals surface area contributed by atoms with Gasteiger partial charge in [-0.25, -0.2) is 4.39 Å². The van der Waals surface area contributed by atoms with Crippen LogP contribution in [0, 0.1) is 5.82 Å². The van der Waals surface area contributed by atoms with E-state index in [2.05, 4.69) is 5.32 Å². The number of nitrogens with zero attached hydrogens (tertiary/aromatic N) is 1. The largest absolute Gasteiger partial charge is 0.492 e. The number of benzene rings is 2. The lowest BCUT2D eigenvalue weighted by Gasteiger charge is -2.33. The van der Waals surface area contributed by atoms with Crippen LogP contribution in [0.3, 0.4) is 0 Å². The van der Waals surface area contributed by atoms with Crippen molar-refractivity contribution in [2.24, 2.45) is 0 Å². The van der Waals surface area contributed by atoms with Crippen LogP contribution >= 0.6 is 23.4 Å². The fourth-order valence-electron chi connectivity index (χ4n) is 3.71. The Morgan fingerprint density at radius 3 is 2.86 bits per heavy atom. The second kappa shape index (κ2) is 11.2. The minimum absolute atomic E-state index is 0.0452. The van der Waals surface area contributed by atoms with Crippen LogP contribution in [0.2, 0.25) is 5.02 Å². The third-order valence-corrected chi connectivity index (χ3v) is 7.21. The van der Waals surface area contributed by atoms with Crippen molar-refractivity contribution in [1.82, 2.24) is 5.32 Å². The zero-order valence-electron chi connectivity index (χ0n) is 19.5. The van der Waals surface area contributed by atoms with Gasteiger partial charge in [-0.1, -0.05) is 24.9 Å². The third-order valence-electron chi connectivity index (χ3n) is 5.66. The molecule has 1 unspecified atom stereocenters. The Morgan fingerprint density at radius 1 is 1.29 bits per heavy atom. The molecule has 0 fully saturated rings. The highest BCUT2D eigenvalue weighted by Gasteiger charge is 2.32. The summed E-state index contributed by atoms with van der Waals surface area (Å²) in [5.74, 6) is 0.118. The molecule has 1 atom stereocenters. The number of ether oxygens (including phenoxy) is 1. The number of rotatable bonds is 9. The van der Waals surface area contributed by atoms with E-state index in [-0.39, 0.29) is 35.5 Å². The van der Waals surface area contributed by atoms with E-state index in [1.165, 1.54) is 28.8 Å². The number of fused-ring (bicyclic) bond motifs is 1. The minimum atomic E-state index is -0.507. The number of thioether (sulfide) groups is 1. The van der Waals surface area contributed by atoms with Gasteiger partial charge in [0.2, 0.25) is 5.91 Å². The van der Waals surface area contributed by atoms with Crippen LogP contribution in [0.4, 0.5) is 10.1 Å². The van der Waals surface area contributed by atoms with Crippen molar-refractivity contribution >= 4 is 40.9 Å². The lowest BCUT2D eigenvalue weighted by molar-refractivity contribution is -0.118. The molecule has 0 saturated heterocycles. The Labute approximate surface area is 212 Å². The van der Waals surface area contributed by atoms with Gasteiger partial charge in [-0.2, -0.15) is 0 Å². The van der Waals surface area contributed by atoms with E-state index in [9.17, 15) is 14.0 Å². The van der Waals surface area contributed by atoms with Gasteiger partial charge in [-0.15, -0.1) is 11.8 Å². The fourth-order valence-corrected chi connectivity index (χ4v) is 5.09. The fraction of sp³-hybridized carbons (Fsp3) is 0.308. The smallest absolute Gasteiger partial charge is 0.251 e. The maximum absolute atomic E-state index is 14.8. The summed E-state index contributed by atoms with van der Waals surface area (Å²) in [6.07, 6.45) is 3.36. The first kappa shape index (κ1) is 25.1. The van der Waals surface area contributed by atoms with Crippen LogP contribution in [-0.4, -0.2) is 23.7 Å². The van der Waals surface area contributed by atoms with E-state index in [0.29, 0.717) is 29.4 Å². The molecule has 1 aliphatic rings. The van der Waals surface area contributed by atoms with Crippen molar-refractivity contribution in [2.75, 3.05) is 11.5 Å². The average Bonchev–Trinajstić information content (AvgIpc) is 3.37. The average molecular weight is 517 g/mol. The van der Waals surface area contributed by atoms with E-state index in [4.69, 9.17) is 20.8 Å². The number of carbonyl (C=O) groups is 2. The van der Waals surface area contributed by atoms with Crippen LogP contribution in [0.1, 0.15) is 48.4 Å². The second-order valence-electron chi connectivity index (χ2n) is 8.17. The van der Waals surface area contributed by atoms with Crippen molar-refractivity contribution in [1.29, 1.82) is 0 Å². The number of halogens is 2. The van der Waals surface area contributed by atoms with Crippen molar-refractivity contribution in [2.45, 2.75) is 49.9 Å². The predicted octanol–water partition coefficient (Wildman–Crippen LogP) is 6.21. The van der Waals surface area contributed by atoms with Gasteiger partial charge in [0.05, 0.1) is 41.9 Å². The van der Waals surface area contributed by atoms with Crippen molar-refractivity contribution < 1.29 is 23.1 Å². The van der Waals surface area contributed by atoms with Gasteiger partial charge in [0.15, 0.2) is 0 Å². The van der Waals surface area contributed by atoms with E-state index < -0.39 is 11.1 Å². The van der Waals surface area contributed by atoms with Crippen LogP contribution in [0.15, 0.2) is 58.0 Å². The zero-order chi connectivity index (χ0) is 24.9. The van der Waals surface area contributed by atoms with Gasteiger partial charge >= 0.3 is 0 Å². The molecule has 1 aromatic heterocycles. The highest BCUT2D eigenvalue weighted by atomic mass is 35.5. The predicted molar refractivity (Wildman–Crippen MR) is 135 cm³/mol. The van der Waals surface area contributed by atoms with Crippen molar-refractivity contribution in [3.05, 3.63) is 76.5 Å². The van der Waals surface area contributed by atoms with Gasteiger partial charge in [-0.05, 0) is 55.8 Å². The molecule has 35 heavy (non-hydrogen) atoms. The number of hydrogen-bond acceptors (Lipinski definition) is 5. The molecule has 4 rings (SSSR count). The lowest BCUT2D eigenvalue weighted by atomic mass is 10.1. The number of unbranched alkanes of at least 4 members (excludes halogenated alkanes) is 1. The Kier molecular flexibility index (Phi) is 8.03. The van der Waals surface area contributed by atoms with Crippen LogP contribution in [0.25, 0.3) is 0 Å². The van der Waals surface area contributed by atoms with E-state index in [0.717, 1.165) is 17.7 Å². The van der Waals surface area contributed by atoms with Gasteiger partial charge in [-0.3, -0.25) is 9.59 Å². The summed E-state index contributed by atoms with van der Waals surface area (Å²) in [6.45, 7) is 4.54. The summed E-state index contributed by atoms with van der Waals surface area (Å²) in [4.78, 5) is 28.0. The van der Waals surface area contributed by atoms with Gasteiger partial charge in [0.1, 0.15) is 17.3 Å². The summed E-state index contributed by atoms with van der Waals surface area (Å²) in [6, 6.07) is 11.5. The SMILES string of the molecule is CCCCOc1ccc(F)c(CN2C(=O)C(C)Sc3cc(C(=O)NCc4ccco4)ccc32)c1Cl. The first-order valence-corrected chi connectivity index (χ1v) is 12.7. The molecule has 0 saturated carbocycles. The molecule has 2 aromatic carbocycles. The van der Waals surface area contributed by atoms with Gasteiger partial charge < -0.3 is 19.4 Å². The minimum Gasteiger partial charge on any atom is -0.492 e. The van der Waals surface area contributed by atoms with Gasteiger partial charge in [0.25, 0.3) is 5.91 Å². The summed E-state index contributed by atoms with van der Waals surface area (Å²) < 4.78 is 25.8. The molecule has 0 bridgehead atoms. The molecule has 2 amide bonds. The van der Waals surface area contributed by atoms with Crippen molar-refractivity contribution in [3.8, 4) is 5.75 Å². The van der Waals surface area contributed by atoms with Crippen LogP contribution in [0.5, 0.6) is 5.75 Å². The number of nitrogens with one attached hydrogen (secondary N) is 1. The highest BCUT2D eigenvalue weighted by molar-refractivity contribution is 8.01. The second-order valence-corrected chi connectivity index (χ2v) is 9.93. The third kappa shape index (κ3) is 5.65. The zero-order valence-corrected chi connectivity index (χ0v) is 21.0. The van der Waals surface area contributed by atoms with E-state index >= 15 is 0 Å². The van der Waals surface area contributed by atoms with Gasteiger partial charge in [0, 0.05) is 16.0 Å². The molecule has 1 N–H and O–H groups in total. The van der Waals surface area contributed by atoms with E-state index in [1.807, 2.05) is 6.92 Å². The molecule has 0 aliphatic carbocycles. The molecule has 184 valence electrons. The molecule has 2 heterocycles. The molecule has 6 nitrogen and oxygen atoms in total. The summed E-state index contributed by atoms with van der Waals surface area (Å²) in [5, 5.41) is 2.57. The standard InChI is InChI=1S/C26H26ClFN2O4S/c1-3-4-11-34-22-10-8-20(28)19(24(22)27)15-30-21-9-7-17(13-23(21)35-16(2)26(30)32)25(31)29-14-18-6-5-12-33-18/h5-10,12-13,16H,3-4,11,14-15H2,1-2H3,(H,29,31). The molecule has 0 radical (unpaired) electrons. The molecule has 3 aromatic rings. The molecular weight excluding hydrogens is 491 g/mol. The van der Waals surface area contributed by atoms with E-state index in [1.54, 1.807) is 43.5 Å². The molecular formula is C26H26ClFN2O4S. The quantitative estimate of drug-likeness (QED) is 0.342. The first-order valence-electron chi connectivity index (χ1n) is 11.4. The lowest BCUT2D eigenvalue weighted by Crippen LogP contribution is -2.39. The summed E-state index contributed by atoms with van der Waals surface area (Å²) in [5.41, 5.74) is 1.26. The number of amides is 2. The Balaban J connectivity index is 1.58. The number of furan rings is 1. The molecule has 0 spiro atoms. The summed E-state index contributed by atoms with van der Waals surface area (Å²) in [7, 11) is 0. The van der Waals surface area contributed by atoms with Crippen LogP contribution < -0.4 is 15.0 Å². The normalized spacial score (nSPS) is 15.1. The van der Waals surface area contributed by atoms with Crippen molar-refractivity contribution in [3.63, 3.8) is 0 Å². The maximum atomic E-state index is 14.8. The Bertz CT molecular complexity index is 1220. The molecule has 1 aliphatic heterocycles. The number of carbonyl (C=O) groups excluding carboxylic acids is 2. The Hall–Kier alpha value is -2.97. The number of anilines is 1. The maximum Gasteiger partial charge on any atom is 0.251 e. The summed E-state index contributed by atoms with van der Waals surface area (Å²) >= 11 is 7.86. The number of hydrogen-bond donors (Lipinski definition) is 1. The topological polar surface area (TPSA) is 71.8 Å².